The summed E-state index contributed by atoms with van der Waals surface area (Å²) in [6.45, 7) is 5.70. The Bertz CT molecular complexity index is 1390. The standard InChI is InChI=1S/C22H26N6O3S/c1-22(2,3)15-11-14(7-8-18(15)32(24,30)31)26-20-19-17(9-10-25-21(19)29)28(27-20)16-6-4-5-13(16)12-23/h7-11,13,16H,4-6H2,1-3H3,(H,25,29)(H,26,27)(H2,24,30,31). The van der Waals surface area contributed by atoms with Crippen molar-refractivity contribution >= 4 is 32.4 Å². The molecule has 0 radical (unpaired) electrons. The van der Waals surface area contributed by atoms with Crippen molar-refractivity contribution < 1.29 is 8.42 Å². The predicted octanol–water partition coefficient (Wildman–Crippen LogP) is 3.28. The molecule has 1 saturated carbocycles. The molecule has 1 aliphatic rings. The van der Waals surface area contributed by atoms with Gasteiger partial charge in [-0.05, 0) is 54.5 Å². The Labute approximate surface area is 186 Å². The van der Waals surface area contributed by atoms with E-state index in [4.69, 9.17) is 5.14 Å². The fourth-order valence-corrected chi connectivity index (χ4v) is 5.33. The Hall–Kier alpha value is -3.16. The van der Waals surface area contributed by atoms with Crippen LogP contribution in [0.4, 0.5) is 11.5 Å². The van der Waals surface area contributed by atoms with Crippen LogP contribution >= 0.6 is 0 Å². The van der Waals surface area contributed by atoms with Crippen LogP contribution in [-0.2, 0) is 15.4 Å². The number of hydrogen-bond acceptors (Lipinski definition) is 6. The van der Waals surface area contributed by atoms with E-state index in [1.165, 1.54) is 6.07 Å². The number of primary sulfonamides is 1. The third-order valence-corrected chi connectivity index (χ3v) is 6.92. The highest BCUT2D eigenvalue weighted by atomic mass is 32.2. The summed E-state index contributed by atoms with van der Waals surface area (Å²) in [6.07, 6.45) is 4.12. The van der Waals surface area contributed by atoms with Gasteiger partial charge in [-0.15, -0.1) is 0 Å². The highest BCUT2D eigenvalue weighted by Crippen LogP contribution is 2.38. The zero-order valence-electron chi connectivity index (χ0n) is 18.2. The number of rotatable bonds is 4. The van der Waals surface area contributed by atoms with Gasteiger partial charge in [0.25, 0.3) is 5.56 Å². The average molecular weight is 455 g/mol. The van der Waals surface area contributed by atoms with Crippen LogP contribution in [-0.4, -0.2) is 23.2 Å². The minimum absolute atomic E-state index is 0.0617. The normalized spacial score (nSPS) is 19.2. The fraction of sp³-hybridized carbons (Fsp3) is 0.409. The van der Waals surface area contributed by atoms with E-state index in [0.717, 1.165) is 19.3 Å². The second-order valence-corrected chi connectivity index (χ2v) is 10.8. The Morgan fingerprint density at radius 1 is 1.28 bits per heavy atom. The third-order valence-electron chi connectivity index (χ3n) is 5.95. The van der Waals surface area contributed by atoms with Gasteiger partial charge in [0.15, 0.2) is 5.82 Å². The number of nitriles is 1. The van der Waals surface area contributed by atoms with E-state index in [1.807, 2.05) is 20.8 Å². The monoisotopic (exact) mass is 454 g/mol. The van der Waals surface area contributed by atoms with Crippen molar-refractivity contribution in [2.24, 2.45) is 11.1 Å². The predicted molar refractivity (Wildman–Crippen MR) is 122 cm³/mol. The van der Waals surface area contributed by atoms with Crippen LogP contribution in [0.25, 0.3) is 10.9 Å². The zero-order valence-corrected chi connectivity index (χ0v) is 19.0. The van der Waals surface area contributed by atoms with Crippen LogP contribution in [0.1, 0.15) is 51.6 Å². The van der Waals surface area contributed by atoms with Gasteiger partial charge in [-0.2, -0.15) is 10.4 Å². The smallest absolute Gasteiger partial charge is 0.261 e. The number of benzene rings is 1. The number of fused-ring (bicyclic) bond motifs is 1. The Balaban J connectivity index is 1.84. The van der Waals surface area contributed by atoms with Crippen molar-refractivity contribution in [2.45, 2.75) is 56.4 Å². The number of sulfonamides is 1. The van der Waals surface area contributed by atoms with Gasteiger partial charge in [0.05, 0.1) is 28.4 Å². The number of aromatic amines is 1. The Kier molecular flexibility index (Phi) is 5.35. The Morgan fingerprint density at radius 3 is 2.69 bits per heavy atom. The molecule has 4 rings (SSSR count). The summed E-state index contributed by atoms with van der Waals surface area (Å²) >= 11 is 0. The summed E-state index contributed by atoms with van der Waals surface area (Å²) < 4.78 is 25.9. The van der Waals surface area contributed by atoms with Gasteiger partial charge in [-0.25, -0.2) is 13.6 Å². The lowest BCUT2D eigenvalue weighted by Crippen LogP contribution is -2.21. The maximum absolute atomic E-state index is 12.7. The highest BCUT2D eigenvalue weighted by Gasteiger charge is 2.32. The number of nitrogens with one attached hydrogen (secondary N) is 2. The third kappa shape index (κ3) is 3.89. The average Bonchev–Trinajstić information content (AvgIpc) is 3.31. The molecule has 0 saturated heterocycles. The lowest BCUT2D eigenvalue weighted by molar-refractivity contribution is 0.423. The molecule has 1 aromatic carbocycles. The van der Waals surface area contributed by atoms with Gasteiger partial charge in [0.1, 0.15) is 5.39 Å². The van der Waals surface area contributed by atoms with Crippen LogP contribution in [0.5, 0.6) is 0 Å². The molecule has 3 aromatic rings. The van der Waals surface area contributed by atoms with Crippen molar-refractivity contribution in [3.8, 4) is 6.07 Å². The number of pyridine rings is 1. The van der Waals surface area contributed by atoms with E-state index >= 15 is 0 Å². The largest absolute Gasteiger partial charge is 0.338 e. The van der Waals surface area contributed by atoms with Crippen LogP contribution in [0, 0.1) is 17.2 Å². The SMILES string of the molecule is CC(C)(C)c1cc(Nc2nn(C3CCCC3C#N)c3cc[nH]c(=O)c23)ccc1S(N)(=O)=O. The van der Waals surface area contributed by atoms with Gasteiger partial charge in [-0.1, -0.05) is 20.8 Å². The van der Waals surface area contributed by atoms with E-state index in [0.29, 0.717) is 28.0 Å². The van der Waals surface area contributed by atoms with Crippen LogP contribution in [0.3, 0.4) is 0 Å². The lowest BCUT2D eigenvalue weighted by Gasteiger charge is -2.23. The van der Waals surface area contributed by atoms with Crippen LogP contribution in [0.15, 0.2) is 40.2 Å². The number of nitrogens with zero attached hydrogens (tertiary/aromatic N) is 3. The molecule has 2 heterocycles. The second kappa shape index (κ2) is 7.76. The molecule has 9 nitrogen and oxygen atoms in total. The molecule has 4 N–H and O–H groups in total. The molecule has 0 bridgehead atoms. The van der Waals surface area contributed by atoms with Gasteiger partial charge in [0, 0.05) is 11.9 Å². The van der Waals surface area contributed by atoms with E-state index in [-0.39, 0.29) is 22.4 Å². The topological polar surface area (TPSA) is 147 Å². The number of nitrogens with two attached hydrogens (primary N) is 1. The van der Waals surface area contributed by atoms with E-state index in [1.54, 1.807) is 29.1 Å². The molecular formula is C22H26N6O3S. The summed E-state index contributed by atoms with van der Waals surface area (Å²) in [4.78, 5) is 15.4. The maximum atomic E-state index is 12.7. The van der Waals surface area contributed by atoms with Crippen LogP contribution in [0.2, 0.25) is 0 Å². The minimum atomic E-state index is -3.90. The van der Waals surface area contributed by atoms with Crippen molar-refractivity contribution in [3.05, 3.63) is 46.4 Å². The fourth-order valence-electron chi connectivity index (χ4n) is 4.40. The first-order valence-corrected chi connectivity index (χ1v) is 12.0. The minimum Gasteiger partial charge on any atom is -0.338 e. The molecule has 2 atom stereocenters. The molecular weight excluding hydrogens is 428 g/mol. The van der Waals surface area contributed by atoms with Crippen molar-refractivity contribution in [2.75, 3.05) is 5.32 Å². The lowest BCUT2D eigenvalue weighted by atomic mass is 9.87. The molecule has 32 heavy (non-hydrogen) atoms. The first-order valence-electron chi connectivity index (χ1n) is 10.4. The van der Waals surface area contributed by atoms with Gasteiger partial charge in [-0.3, -0.25) is 9.48 Å². The first kappa shape index (κ1) is 22.0. The Morgan fingerprint density at radius 2 is 2.03 bits per heavy atom. The number of anilines is 2. The first-order chi connectivity index (χ1) is 15.0. The highest BCUT2D eigenvalue weighted by molar-refractivity contribution is 7.89. The van der Waals surface area contributed by atoms with Gasteiger partial charge >= 0.3 is 0 Å². The quantitative estimate of drug-likeness (QED) is 0.551. The van der Waals surface area contributed by atoms with E-state index in [9.17, 15) is 18.5 Å². The molecule has 0 aliphatic heterocycles. The van der Waals surface area contributed by atoms with Crippen molar-refractivity contribution in [1.82, 2.24) is 14.8 Å². The number of aromatic nitrogens is 3. The molecule has 10 heteroatoms. The summed E-state index contributed by atoms with van der Waals surface area (Å²) in [5, 5.41) is 23.2. The molecule has 0 amide bonds. The summed E-state index contributed by atoms with van der Waals surface area (Å²) in [5.74, 6) is 0.195. The zero-order chi connectivity index (χ0) is 23.3. The van der Waals surface area contributed by atoms with Crippen molar-refractivity contribution in [1.29, 1.82) is 5.26 Å². The number of H-pyrrole nitrogens is 1. The van der Waals surface area contributed by atoms with Crippen molar-refractivity contribution in [3.63, 3.8) is 0 Å². The van der Waals surface area contributed by atoms with Gasteiger partial charge < -0.3 is 10.3 Å². The van der Waals surface area contributed by atoms with E-state index < -0.39 is 15.4 Å². The second-order valence-electron chi connectivity index (χ2n) is 9.23. The maximum Gasteiger partial charge on any atom is 0.261 e. The molecule has 168 valence electrons. The summed E-state index contributed by atoms with van der Waals surface area (Å²) in [6, 6.07) is 8.82. The summed E-state index contributed by atoms with van der Waals surface area (Å²) in [5.41, 5.74) is 1.02. The molecule has 0 spiro atoms. The number of hydrogen-bond donors (Lipinski definition) is 3. The molecule has 1 aliphatic carbocycles. The molecule has 2 unspecified atom stereocenters. The van der Waals surface area contributed by atoms with Gasteiger partial charge in [0.2, 0.25) is 10.0 Å². The molecule has 1 fully saturated rings. The molecule has 2 aromatic heterocycles. The van der Waals surface area contributed by atoms with E-state index in [2.05, 4.69) is 21.5 Å². The van der Waals surface area contributed by atoms with Crippen LogP contribution < -0.4 is 16.0 Å². The summed E-state index contributed by atoms with van der Waals surface area (Å²) in [7, 11) is -3.90.